The smallest absolute Gasteiger partial charge is 0.191 e. The topological polar surface area (TPSA) is 61.8 Å². The van der Waals surface area contributed by atoms with E-state index in [9.17, 15) is 5.11 Å². The lowest BCUT2D eigenvalue weighted by molar-refractivity contribution is -0.0842. The Labute approximate surface area is 122 Å². The van der Waals surface area contributed by atoms with E-state index in [1.54, 1.807) is 0 Å². The van der Waals surface area contributed by atoms with Crippen molar-refractivity contribution < 1.29 is 5.11 Å². The molecule has 0 spiro atoms. The first-order valence-electron chi connectivity index (χ1n) is 8.48. The monoisotopic (exact) mass is 279 g/mol. The first-order chi connectivity index (χ1) is 9.67. The number of fused-ring (bicyclic) bond motifs is 1. The second kappa shape index (κ2) is 5.92. The molecule has 2 unspecified atom stereocenters. The molecule has 3 N–H and O–H groups in total. The van der Waals surface area contributed by atoms with Crippen LogP contribution in [0.3, 0.4) is 0 Å². The van der Waals surface area contributed by atoms with E-state index >= 15 is 0 Å². The molecule has 2 atom stereocenters. The number of guanidine groups is 1. The molecular formula is C16H29N3O. The van der Waals surface area contributed by atoms with Gasteiger partial charge in [0.25, 0.3) is 0 Å². The third-order valence-corrected chi connectivity index (χ3v) is 5.64. The minimum Gasteiger partial charge on any atom is -0.389 e. The number of aliphatic hydroxyl groups is 1. The van der Waals surface area contributed by atoms with Gasteiger partial charge < -0.3 is 15.7 Å². The number of rotatable bonds is 1. The normalized spacial score (nSPS) is 36.8. The molecule has 0 radical (unpaired) electrons. The minimum atomic E-state index is -0.417. The van der Waals surface area contributed by atoms with Crippen molar-refractivity contribution in [3.63, 3.8) is 0 Å². The number of nitrogens with zero attached hydrogens (tertiary/aromatic N) is 2. The fraction of sp³-hybridized carbons (Fsp3) is 0.938. The molecule has 0 aromatic rings. The number of piperidine rings is 1. The summed E-state index contributed by atoms with van der Waals surface area (Å²) < 4.78 is 0. The largest absolute Gasteiger partial charge is 0.389 e. The molecule has 1 saturated heterocycles. The highest BCUT2D eigenvalue weighted by Gasteiger charge is 2.43. The van der Waals surface area contributed by atoms with Crippen molar-refractivity contribution in [1.82, 2.24) is 4.90 Å². The molecule has 2 saturated carbocycles. The summed E-state index contributed by atoms with van der Waals surface area (Å²) in [6.45, 7) is 1.77. The molecule has 0 amide bonds. The first kappa shape index (κ1) is 14.2. The standard InChI is InChI=1S/C16H29N3O/c17-15(18-14-7-2-1-3-8-14)19-11-10-16(20)9-5-4-6-13(16)12-19/h13-14,20H,1-12H2,(H2,17,18). The molecular weight excluding hydrogens is 250 g/mol. The Morgan fingerprint density at radius 3 is 2.60 bits per heavy atom. The maximum Gasteiger partial charge on any atom is 0.191 e. The second-order valence-corrected chi connectivity index (χ2v) is 7.02. The van der Waals surface area contributed by atoms with Gasteiger partial charge in [-0.2, -0.15) is 0 Å². The van der Waals surface area contributed by atoms with Crippen molar-refractivity contribution in [2.45, 2.75) is 75.9 Å². The van der Waals surface area contributed by atoms with Crippen LogP contribution >= 0.6 is 0 Å². The molecule has 3 aliphatic rings. The summed E-state index contributed by atoms with van der Waals surface area (Å²) in [7, 11) is 0. The van der Waals surface area contributed by atoms with E-state index in [4.69, 9.17) is 10.7 Å². The Morgan fingerprint density at radius 1 is 1.05 bits per heavy atom. The van der Waals surface area contributed by atoms with Crippen LogP contribution in [0.1, 0.15) is 64.2 Å². The zero-order valence-electron chi connectivity index (χ0n) is 12.6. The molecule has 0 aromatic heterocycles. The molecule has 3 rings (SSSR count). The highest BCUT2D eigenvalue weighted by molar-refractivity contribution is 5.78. The van der Waals surface area contributed by atoms with E-state index in [2.05, 4.69) is 4.90 Å². The van der Waals surface area contributed by atoms with Crippen molar-refractivity contribution in [2.75, 3.05) is 13.1 Å². The van der Waals surface area contributed by atoms with Crippen LogP contribution in [0, 0.1) is 5.92 Å². The maximum atomic E-state index is 10.7. The van der Waals surface area contributed by atoms with Crippen molar-refractivity contribution in [3.8, 4) is 0 Å². The number of aliphatic imine (C=N–C) groups is 1. The fourth-order valence-corrected chi connectivity index (χ4v) is 4.26. The van der Waals surface area contributed by atoms with Gasteiger partial charge in [-0.25, -0.2) is 4.99 Å². The van der Waals surface area contributed by atoms with Crippen LogP contribution in [0.4, 0.5) is 0 Å². The Morgan fingerprint density at radius 2 is 1.80 bits per heavy atom. The van der Waals surface area contributed by atoms with Gasteiger partial charge in [0.2, 0.25) is 0 Å². The van der Waals surface area contributed by atoms with Crippen molar-refractivity contribution in [2.24, 2.45) is 16.6 Å². The molecule has 0 aromatic carbocycles. The maximum absolute atomic E-state index is 10.7. The summed E-state index contributed by atoms with van der Waals surface area (Å²) in [5, 5.41) is 10.7. The zero-order chi connectivity index (χ0) is 14.0. The van der Waals surface area contributed by atoms with Crippen LogP contribution in [0.15, 0.2) is 4.99 Å². The number of likely N-dealkylation sites (tertiary alicyclic amines) is 1. The number of hydrogen-bond acceptors (Lipinski definition) is 2. The van der Waals surface area contributed by atoms with Crippen molar-refractivity contribution in [3.05, 3.63) is 0 Å². The lowest BCUT2D eigenvalue weighted by atomic mass is 9.71. The summed E-state index contributed by atoms with van der Waals surface area (Å²) in [6.07, 6.45) is 11.7. The summed E-state index contributed by atoms with van der Waals surface area (Å²) >= 11 is 0. The lowest BCUT2D eigenvalue weighted by Gasteiger charge is -2.47. The minimum absolute atomic E-state index is 0.394. The van der Waals surface area contributed by atoms with Gasteiger partial charge in [-0.3, -0.25) is 0 Å². The Balaban J connectivity index is 1.61. The summed E-state index contributed by atoms with van der Waals surface area (Å²) in [5.74, 6) is 1.12. The molecule has 2 aliphatic carbocycles. The van der Waals surface area contributed by atoms with Gasteiger partial charge in [0.15, 0.2) is 5.96 Å². The quantitative estimate of drug-likeness (QED) is 0.572. The highest BCUT2D eigenvalue weighted by Crippen LogP contribution is 2.39. The molecule has 20 heavy (non-hydrogen) atoms. The summed E-state index contributed by atoms with van der Waals surface area (Å²) in [6, 6.07) is 0.441. The van der Waals surface area contributed by atoms with Crippen LogP contribution < -0.4 is 5.73 Å². The van der Waals surface area contributed by atoms with Crippen LogP contribution in [-0.4, -0.2) is 40.7 Å². The lowest BCUT2D eigenvalue weighted by Crippen LogP contribution is -2.56. The SMILES string of the molecule is NC(=NC1CCCCC1)N1CCC2(O)CCCCC2C1. The van der Waals surface area contributed by atoms with Crippen LogP contribution in [0.2, 0.25) is 0 Å². The van der Waals surface area contributed by atoms with Crippen LogP contribution in [0.25, 0.3) is 0 Å². The molecule has 1 aliphatic heterocycles. The van der Waals surface area contributed by atoms with Gasteiger partial charge in [-0.1, -0.05) is 32.1 Å². The van der Waals surface area contributed by atoms with Gasteiger partial charge in [0, 0.05) is 19.0 Å². The molecule has 1 heterocycles. The van der Waals surface area contributed by atoms with E-state index in [0.29, 0.717) is 12.0 Å². The molecule has 3 fully saturated rings. The van der Waals surface area contributed by atoms with Crippen molar-refractivity contribution >= 4 is 5.96 Å². The van der Waals surface area contributed by atoms with E-state index in [0.717, 1.165) is 38.3 Å². The number of hydrogen-bond donors (Lipinski definition) is 2. The van der Waals surface area contributed by atoms with Crippen LogP contribution in [0.5, 0.6) is 0 Å². The number of nitrogens with two attached hydrogens (primary N) is 1. The second-order valence-electron chi connectivity index (χ2n) is 7.02. The summed E-state index contributed by atoms with van der Waals surface area (Å²) in [4.78, 5) is 6.98. The average molecular weight is 279 g/mol. The van der Waals surface area contributed by atoms with E-state index in [-0.39, 0.29) is 0 Å². The van der Waals surface area contributed by atoms with Crippen molar-refractivity contribution in [1.29, 1.82) is 0 Å². The molecule has 4 nitrogen and oxygen atoms in total. The van der Waals surface area contributed by atoms with E-state index < -0.39 is 5.60 Å². The Kier molecular flexibility index (Phi) is 4.20. The van der Waals surface area contributed by atoms with E-state index in [1.165, 1.54) is 44.9 Å². The van der Waals surface area contributed by atoms with Gasteiger partial charge >= 0.3 is 0 Å². The zero-order valence-corrected chi connectivity index (χ0v) is 12.6. The first-order valence-corrected chi connectivity index (χ1v) is 8.48. The van der Waals surface area contributed by atoms with E-state index in [1.807, 2.05) is 0 Å². The van der Waals surface area contributed by atoms with Gasteiger partial charge in [0.05, 0.1) is 11.6 Å². The molecule has 0 bridgehead atoms. The third kappa shape index (κ3) is 2.95. The predicted octanol–water partition coefficient (Wildman–Crippen LogP) is 2.26. The average Bonchev–Trinajstić information content (AvgIpc) is 2.47. The third-order valence-electron chi connectivity index (χ3n) is 5.64. The van der Waals surface area contributed by atoms with Gasteiger partial charge in [-0.05, 0) is 32.1 Å². The molecule has 4 heteroatoms. The van der Waals surface area contributed by atoms with Gasteiger partial charge in [0.1, 0.15) is 0 Å². The predicted molar refractivity (Wildman–Crippen MR) is 81.6 cm³/mol. The van der Waals surface area contributed by atoms with Crippen LogP contribution in [-0.2, 0) is 0 Å². The Hall–Kier alpha value is -0.770. The Bertz CT molecular complexity index is 365. The molecule has 114 valence electrons. The van der Waals surface area contributed by atoms with Gasteiger partial charge in [-0.15, -0.1) is 0 Å². The highest BCUT2D eigenvalue weighted by atomic mass is 16.3. The summed E-state index contributed by atoms with van der Waals surface area (Å²) in [5.41, 5.74) is 5.82. The fourth-order valence-electron chi connectivity index (χ4n) is 4.26.